The molecule has 0 bridgehead atoms. The second-order valence-electron chi connectivity index (χ2n) is 7.77. The Hall–Kier alpha value is -2.66. The lowest BCUT2D eigenvalue weighted by Crippen LogP contribution is -2.50. The summed E-state index contributed by atoms with van der Waals surface area (Å²) < 4.78 is 27.9. The Kier molecular flexibility index (Phi) is 7.50. The maximum absolute atomic E-state index is 12.4. The molecule has 2 aliphatic rings. The molecule has 1 fully saturated rings. The van der Waals surface area contributed by atoms with E-state index < -0.39 is 22.3 Å². The van der Waals surface area contributed by atoms with Gasteiger partial charge in [0.1, 0.15) is 0 Å². The fraction of sp³-hybridized carbons (Fsp3) is 0.550. The van der Waals surface area contributed by atoms with Gasteiger partial charge in [0.15, 0.2) is 0 Å². The molecule has 0 aromatic heterocycles. The van der Waals surface area contributed by atoms with Gasteiger partial charge in [-0.2, -0.15) is 12.7 Å². The predicted molar refractivity (Wildman–Crippen MR) is 114 cm³/mol. The van der Waals surface area contributed by atoms with Gasteiger partial charge < -0.3 is 10.6 Å². The summed E-state index contributed by atoms with van der Waals surface area (Å²) in [5.41, 5.74) is 1.40. The molecule has 1 aromatic carbocycles. The van der Waals surface area contributed by atoms with Gasteiger partial charge >= 0.3 is 22.3 Å². The first-order valence-electron chi connectivity index (χ1n) is 10.5. The molecule has 0 aliphatic carbocycles. The van der Waals surface area contributed by atoms with Crippen LogP contribution in [0, 0.1) is 5.92 Å². The summed E-state index contributed by atoms with van der Waals surface area (Å²) in [7, 11) is -3.86. The number of carbonyl (C=O) groups excluding carboxylic acids is 3. The number of rotatable bonds is 7. The minimum absolute atomic E-state index is 0.257. The van der Waals surface area contributed by atoms with Crippen molar-refractivity contribution < 1.29 is 22.8 Å². The van der Waals surface area contributed by atoms with Gasteiger partial charge in [0.2, 0.25) is 0 Å². The van der Waals surface area contributed by atoms with Crippen LogP contribution in [-0.4, -0.2) is 61.8 Å². The van der Waals surface area contributed by atoms with Crippen LogP contribution in [0.15, 0.2) is 24.3 Å². The highest BCUT2D eigenvalue weighted by Crippen LogP contribution is 2.23. The molecule has 31 heavy (non-hydrogen) atoms. The lowest BCUT2D eigenvalue weighted by Gasteiger charge is -2.31. The van der Waals surface area contributed by atoms with Crippen molar-refractivity contribution in [1.29, 1.82) is 0 Å². The Morgan fingerprint density at radius 1 is 1.10 bits per heavy atom. The first kappa shape index (κ1) is 23.0. The van der Waals surface area contributed by atoms with E-state index in [-0.39, 0.29) is 18.4 Å². The highest BCUT2D eigenvalue weighted by atomic mass is 32.2. The zero-order valence-corrected chi connectivity index (χ0v) is 18.4. The van der Waals surface area contributed by atoms with E-state index in [4.69, 9.17) is 0 Å². The van der Waals surface area contributed by atoms with E-state index in [2.05, 4.69) is 10.6 Å². The van der Waals surface area contributed by atoms with Crippen LogP contribution in [0.5, 0.6) is 0 Å². The fourth-order valence-electron chi connectivity index (χ4n) is 3.79. The van der Waals surface area contributed by atoms with E-state index in [9.17, 15) is 22.8 Å². The molecule has 2 heterocycles. The zero-order chi connectivity index (χ0) is 22.4. The van der Waals surface area contributed by atoms with Crippen molar-refractivity contribution in [2.75, 3.05) is 26.2 Å². The number of carbonyl (C=O) groups is 3. The van der Waals surface area contributed by atoms with Gasteiger partial charge in [0.05, 0.1) is 6.54 Å². The Labute approximate surface area is 182 Å². The molecule has 11 heteroatoms. The number of nitrogens with one attached hydrogen (secondary N) is 3. The van der Waals surface area contributed by atoms with Gasteiger partial charge in [-0.15, -0.1) is 0 Å². The average Bonchev–Trinajstić information content (AvgIpc) is 3.09. The van der Waals surface area contributed by atoms with Crippen LogP contribution in [-0.2, 0) is 16.8 Å². The molecule has 0 atom stereocenters. The van der Waals surface area contributed by atoms with Crippen molar-refractivity contribution in [2.24, 2.45) is 5.92 Å². The molecule has 0 unspecified atom stereocenters. The number of piperidine rings is 1. The number of benzene rings is 1. The van der Waals surface area contributed by atoms with Crippen molar-refractivity contribution in [2.45, 2.75) is 39.2 Å². The molecule has 1 saturated heterocycles. The predicted octanol–water partition coefficient (Wildman–Crippen LogP) is 1.41. The van der Waals surface area contributed by atoms with Gasteiger partial charge in [0.25, 0.3) is 5.91 Å². The van der Waals surface area contributed by atoms with Gasteiger partial charge in [-0.05, 0) is 43.2 Å². The monoisotopic (exact) mass is 451 g/mol. The van der Waals surface area contributed by atoms with E-state index in [1.807, 2.05) is 23.8 Å². The van der Waals surface area contributed by atoms with Crippen LogP contribution >= 0.6 is 0 Å². The van der Waals surface area contributed by atoms with Crippen LogP contribution in [0.3, 0.4) is 0 Å². The van der Waals surface area contributed by atoms with Crippen LogP contribution in [0.4, 0.5) is 9.59 Å². The molecule has 10 nitrogen and oxygen atoms in total. The average molecular weight is 452 g/mol. The van der Waals surface area contributed by atoms with Gasteiger partial charge in [0, 0.05) is 31.7 Å². The lowest BCUT2D eigenvalue weighted by atomic mass is 9.95. The van der Waals surface area contributed by atoms with E-state index in [0.29, 0.717) is 57.4 Å². The number of hydrogen-bond donors (Lipinski definition) is 3. The molecular formula is C20H29N5O5S. The SMILES string of the molecule is CCCNC(=O)NS(=O)(=O)N1CCC(CCNC(=O)N2Cc3ccccc3C2=O)CC1. The van der Waals surface area contributed by atoms with Crippen molar-refractivity contribution in [3.8, 4) is 0 Å². The Balaban J connectivity index is 1.38. The Morgan fingerprint density at radius 2 is 1.81 bits per heavy atom. The third-order valence-electron chi connectivity index (χ3n) is 5.57. The van der Waals surface area contributed by atoms with Crippen molar-refractivity contribution in [1.82, 2.24) is 24.6 Å². The van der Waals surface area contributed by atoms with Crippen LogP contribution < -0.4 is 15.4 Å². The molecule has 2 aliphatic heterocycles. The first-order valence-corrected chi connectivity index (χ1v) is 12.0. The number of nitrogens with zero attached hydrogens (tertiary/aromatic N) is 2. The van der Waals surface area contributed by atoms with Crippen molar-refractivity contribution in [3.63, 3.8) is 0 Å². The quantitative estimate of drug-likeness (QED) is 0.577. The first-order chi connectivity index (χ1) is 14.8. The molecular weight excluding hydrogens is 422 g/mol. The smallest absolute Gasteiger partial charge is 0.329 e. The highest BCUT2D eigenvalue weighted by molar-refractivity contribution is 7.87. The largest absolute Gasteiger partial charge is 0.338 e. The molecule has 1 aromatic rings. The molecule has 0 spiro atoms. The maximum atomic E-state index is 12.4. The van der Waals surface area contributed by atoms with E-state index in [1.165, 1.54) is 9.21 Å². The molecule has 0 saturated carbocycles. The molecule has 5 amide bonds. The highest BCUT2D eigenvalue weighted by Gasteiger charge is 2.32. The third-order valence-corrected chi connectivity index (χ3v) is 7.05. The summed E-state index contributed by atoms with van der Waals surface area (Å²) in [4.78, 5) is 37.6. The van der Waals surface area contributed by atoms with Crippen molar-refractivity contribution >= 4 is 28.2 Å². The molecule has 3 N–H and O–H groups in total. The fourth-order valence-corrected chi connectivity index (χ4v) is 4.92. The van der Waals surface area contributed by atoms with Crippen molar-refractivity contribution in [3.05, 3.63) is 35.4 Å². The number of amides is 5. The number of fused-ring (bicyclic) bond motifs is 1. The van der Waals surface area contributed by atoms with E-state index >= 15 is 0 Å². The van der Waals surface area contributed by atoms with Crippen LogP contribution in [0.1, 0.15) is 48.5 Å². The molecule has 0 radical (unpaired) electrons. The van der Waals surface area contributed by atoms with E-state index in [1.54, 1.807) is 12.1 Å². The van der Waals surface area contributed by atoms with Gasteiger partial charge in [-0.1, -0.05) is 25.1 Å². The van der Waals surface area contributed by atoms with Gasteiger partial charge in [-0.3, -0.25) is 9.69 Å². The number of urea groups is 2. The minimum Gasteiger partial charge on any atom is -0.338 e. The molecule has 3 rings (SSSR count). The summed E-state index contributed by atoms with van der Waals surface area (Å²) >= 11 is 0. The van der Waals surface area contributed by atoms with Gasteiger partial charge in [-0.25, -0.2) is 14.3 Å². The van der Waals surface area contributed by atoms with E-state index in [0.717, 1.165) is 5.56 Å². The third kappa shape index (κ3) is 5.73. The maximum Gasteiger partial charge on any atom is 0.329 e. The second kappa shape index (κ2) is 10.1. The summed E-state index contributed by atoms with van der Waals surface area (Å²) in [5.74, 6) is -0.0331. The lowest BCUT2D eigenvalue weighted by molar-refractivity contribution is 0.0820. The summed E-state index contributed by atoms with van der Waals surface area (Å²) in [6.45, 7) is 3.60. The summed E-state index contributed by atoms with van der Waals surface area (Å²) in [6, 6.07) is 6.04. The zero-order valence-electron chi connectivity index (χ0n) is 17.6. The van der Waals surface area contributed by atoms with Crippen LogP contribution in [0.2, 0.25) is 0 Å². The second-order valence-corrected chi connectivity index (χ2v) is 9.45. The summed E-state index contributed by atoms with van der Waals surface area (Å²) in [6.07, 6.45) is 2.69. The topological polar surface area (TPSA) is 128 Å². The number of imide groups is 1. The Morgan fingerprint density at radius 3 is 2.48 bits per heavy atom. The molecule has 170 valence electrons. The minimum atomic E-state index is -3.86. The summed E-state index contributed by atoms with van der Waals surface area (Å²) in [5, 5.41) is 5.28. The van der Waals surface area contributed by atoms with Crippen LogP contribution in [0.25, 0.3) is 0 Å². The Bertz CT molecular complexity index is 928. The standard InChI is InChI=1S/C20H29N5O5S/c1-2-10-21-19(27)23-31(29,30)24-12-8-15(9-13-24)7-11-22-20(28)25-14-16-5-3-4-6-17(16)18(25)26/h3-6,15H,2,7-14H2,1H3,(H,22,28)(H2,21,23,27). The number of hydrogen-bond acceptors (Lipinski definition) is 5. The normalized spacial score (nSPS) is 17.3.